The van der Waals surface area contributed by atoms with Crippen molar-refractivity contribution in [3.8, 4) is 5.75 Å². The monoisotopic (exact) mass is 493 g/mol. The molecule has 7 nitrogen and oxygen atoms in total. The molecule has 0 radical (unpaired) electrons. The van der Waals surface area contributed by atoms with E-state index in [-0.39, 0.29) is 18.3 Å². The Morgan fingerprint density at radius 3 is 2.76 bits per heavy atom. The van der Waals surface area contributed by atoms with E-state index in [1.54, 1.807) is 13.2 Å². The first-order valence-electron chi connectivity index (χ1n) is 11.6. The highest BCUT2D eigenvalue weighted by Crippen LogP contribution is 2.44. The molecule has 0 heterocycles. The van der Waals surface area contributed by atoms with Crippen LogP contribution in [-0.4, -0.2) is 35.6 Å². The minimum Gasteiger partial charge on any atom is -0.496 e. The molecule has 0 unspecified atom stereocenters. The van der Waals surface area contributed by atoms with Crippen molar-refractivity contribution in [1.29, 1.82) is 0 Å². The lowest BCUT2D eigenvalue weighted by Crippen LogP contribution is -2.41. The highest BCUT2D eigenvalue weighted by Gasteiger charge is 2.38. The molecule has 2 aromatic carbocycles. The predicted octanol–water partition coefficient (Wildman–Crippen LogP) is 4.23. The average Bonchev–Trinajstić information content (AvgIpc) is 3.20. The Bertz CT molecular complexity index is 1060. The van der Waals surface area contributed by atoms with Crippen molar-refractivity contribution in [2.24, 2.45) is 11.7 Å². The second-order valence-corrected chi connectivity index (χ2v) is 10.9. The molecule has 4 N–H and O–H groups in total. The number of nitrogens with two attached hydrogens (primary N) is 1. The van der Waals surface area contributed by atoms with Gasteiger partial charge in [-0.25, -0.2) is 8.96 Å². The molecule has 0 aliphatic heterocycles. The number of ether oxygens (including phenoxy) is 2. The maximum Gasteiger partial charge on any atom is 0.469 e. The summed E-state index contributed by atoms with van der Waals surface area (Å²) in [5, 5.41) is 0. The van der Waals surface area contributed by atoms with Gasteiger partial charge in [0.15, 0.2) is 0 Å². The molecule has 1 saturated carbocycles. The minimum atomic E-state index is -4.52. The third kappa shape index (κ3) is 6.45. The molecule has 0 amide bonds. The summed E-state index contributed by atoms with van der Waals surface area (Å²) in [7, 11) is -2.95. The zero-order valence-corrected chi connectivity index (χ0v) is 20.3. The number of benzene rings is 2. The van der Waals surface area contributed by atoms with Crippen LogP contribution in [0, 0.1) is 11.7 Å². The highest BCUT2D eigenvalue weighted by molar-refractivity contribution is 7.46. The Morgan fingerprint density at radius 2 is 2.00 bits per heavy atom. The van der Waals surface area contributed by atoms with Crippen LogP contribution in [0.1, 0.15) is 53.9 Å². The largest absolute Gasteiger partial charge is 0.496 e. The lowest BCUT2D eigenvalue weighted by atomic mass is 9.82. The van der Waals surface area contributed by atoms with Gasteiger partial charge in [0.2, 0.25) is 0 Å². The Kier molecular flexibility index (Phi) is 7.77. The van der Waals surface area contributed by atoms with Crippen molar-refractivity contribution < 1.29 is 32.7 Å². The molecule has 2 aliphatic rings. The van der Waals surface area contributed by atoms with Gasteiger partial charge in [-0.3, -0.25) is 4.52 Å². The van der Waals surface area contributed by atoms with Gasteiger partial charge in [-0.05, 0) is 85.3 Å². The number of phosphoric acid groups is 1. The summed E-state index contributed by atoms with van der Waals surface area (Å²) in [4.78, 5) is 18.0. The molecule has 34 heavy (non-hydrogen) atoms. The van der Waals surface area contributed by atoms with Crippen LogP contribution in [0.3, 0.4) is 0 Å². The summed E-state index contributed by atoms with van der Waals surface area (Å²) >= 11 is 0. The first-order chi connectivity index (χ1) is 16.1. The van der Waals surface area contributed by atoms with Gasteiger partial charge in [0.05, 0.1) is 26.9 Å². The summed E-state index contributed by atoms with van der Waals surface area (Å²) < 4.78 is 40.5. The molecule has 2 aromatic rings. The molecule has 0 aromatic heterocycles. The minimum absolute atomic E-state index is 0.137. The molecular weight excluding hydrogens is 460 g/mol. The highest BCUT2D eigenvalue weighted by atomic mass is 31.2. The van der Waals surface area contributed by atoms with E-state index in [1.807, 2.05) is 0 Å². The zero-order chi connectivity index (χ0) is 24.3. The number of hydrogen-bond acceptors (Lipinski definition) is 5. The molecule has 0 saturated heterocycles. The predicted molar refractivity (Wildman–Crippen MR) is 126 cm³/mol. The fourth-order valence-corrected chi connectivity index (χ4v) is 5.65. The summed E-state index contributed by atoms with van der Waals surface area (Å²) in [5.41, 5.74) is 10.3. The van der Waals surface area contributed by atoms with Gasteiger partial charge in [0, 0.05) is 11.1 Å². The zero-order valence-electron chi connectivity index (χ0n) is 19.4. The molecule has 3 atom stereocenters. The van der Waals surface area contributed by atoms with Gasteiger partial charge in [0.1, 0.15) is 11.6 Å². The molecule has 186 valence electrons. The quantitative estimate of drug-likeness (QED) is 0.448. The number of rotatable bonds is 9. The molecular formula is C25H33FNO6P. The summed E-state index contributed by atoms with van der Waals surface area (Å²) in [6, 6.07) is 11.1. The van der Waals surface area contributed by atoms with E-state index in [0.717, 1.165) is 25.7 Å². The maximum absolute atomic E-state index is 13.5. The third-order valence-electron chi connectivity index (χ3n) is 7.05. The van der Waals surface area contributed by atoms with Gasteiger partial charge in [0.25, 0.3) is 0 Å². The molecule has 1 fully saturated rings. The first-order valence-corrected chi connectivity index (χ1v) is 13.2. The summed E-state index contributed by atoms with van der Waals surface area (Å²) in [5.74, 6) is 0.999. The van der Waals surface area contributed by atoms with Crippen LogP contribution in [0.15, 0.2) is 36.4 Å². The van der Waals surface area contributed by atoms with Crippen LogP contribution in [0.25, 0.3) is 0 Å². The van der Waals surface area contributed by atoms with Gasteiger partial charge < -0.3 is 25.0 Å². The van der Waals surface area contributed by atoms with Gasteiger partial charge in [-0.15, -0.1) is 0 Å². The van der Waals surface area contributed by atoms with Crippen LogP contribution < -0.4 is 10.5 Å². The molecule has 2 aliphatic carbocycles. The lowest BCUT2D eigenvalue weighted by Gasteiger charge is -2.26. The van der Waals surface area contributed by atoms with E-state index in [9.17, 15) is 8.96 Å². The van der Waals surface area contributed by atoms with Gasteiger partial charge in [-0.2, -0.15) is 0 Å². The van der Waals surface area contributed by atoms with E-state index in [4.69, 9.17) is 25.0 Å². The number of phosphoric ester groups is 1. The molecule has 0 bridgehead atoms. The fraction of sp³-hybridized carbons (Fsp3) is 0.520. The van der Waals surface area contributed by atoms with Crippen LogP contribution >= 0.6 is 7.82 Å². The van der Waals surface area contributed by atoms with Crippen molar-refractivity contribution in [1.82, 2.24) is 0 Å². The van der Waals surface area contributed by atoms with Crippen molar-refractivity contribution in [2.45, 2.75) is 56.6 Å². The van der Waals surface area contributed by atoms with Crippen LogP contribution in [-0.2, 0) is 33.3 Å². The Balaban J connectivity index is 1.31. The van der Waals surface area contributed by atoms with Crippen molar-refractivity contribution in [2.75, 3.05) is 20.3 Å². The second kappa shape index (κ2) is 10.4. The SMILES string of the molecule is COc1ccc(F)cc1COC[C@@H]1CCc2cc([C@@H]3CC[C@](N)(COP(=O)(O)O)C3)ccc2C1. The van der Waals surface area contributed by atoms with Crippen molar-refractivity contribution >= 4 is 7.82 Å². The van der Waals surface area contributed by atoms with Gasteiger partial charge >= 0.3 is 7.82 Å². The van der Waals surface area contributed by atoms with Crippen molar-refractivity contribution in [3.05, 3.63) is 64.5 Å². The normalized spacial score (nSPS) is 24.7. The van der Waals surface area contributed by atoms with Crippen LogP contribution in [0.5, 0.6) is 5.75 Å². The van der Waals surface area contributed by atoms with E-state index in [2.05, 4.69) is 22.7 Å². The Hall–Kier alpha value is -1.80. The average molecular weight is 494 g/mol. The summed E-state index contributed by atoms with van der Waals surface area (Å²) in [6.07, 6.45) is 5.13. The number of aryl methyl sites for hydroxylation is 1. The smallest absolute Gasteiger partial charge is 0.469 e. The fourth-order valence-electron chi connectivity index (χ4n) is 5.23. The topological polar surface area (TPSA) is 111 Å². The Labute approximate surface area is 199 Å². The number of fused-ring (bicyclic) bond motifs is 1. The number of hydrogen-bond donors (Lipinski definition) is 3. The standard InChI is InChI=1S/C25H33FNO6P/c1-31-24-7-6-23(26)12-22(24)15-32-14-17-2-3-19-11-20(5-4-18(19)10-17)21-8-9-25(27,13-21)16-33-34(28,29)30/h4-7,11-12,17,21H,2-3,8-10,13-16,27H2,1H3,(H2,28,29,30)/t17-,21-,25-/m1/s1. The lowest BCUT2D eigenvalue weighted by molar-refractivity contribution is 0.0808. The van der Waals surface area contributed by atoms with E-state index >= 15 is 0 Å². The number of halogens is 1. The first kappa shape index (κ1) is 25.3. The van der Waals surface area contributed by atoms with E-state index < -0.39 is 13.4 Å². The summed E-state index contributed by atoms with van der Waals surface area (Å²) in [6.45, 7) is 0.790. The maximum atomic E-state index is 13.5. The van der Waals surface area contributed by atoms with Gasteiger partial charge in [-0.1, -0.05) is 18.2 Å². The van der Waals surface area contributed by atoms with Crippen LogP contribution in [0.4, 0.5) is 4.39 Å². The van der Waals surface area contributed by atoms with E-state index in [1.165, 1.54) is 28.8 Å². The Morgan fingerprint density at radius 1 is 1.18 bits per heavy atom. The van der Waals surface area contributed by atoms with Crippen LogP contribution in [0.2, 0.25) is 0 Å². The van der Waals surface area contributed by atoms with Crippen molar-refractivity contribution in [3.63, 3.8) is 0 Å². The molecule has 0 spiro atoms. The van der Waals surface area contributed by atoms with E-state index in [0.29, 0.717) is 43.3 Å². The number of methoxy groups -OCH3 is 1. The molecule has 9 heteroatoms. The second-order valence-electron chi connectivity index (χ2n) is 9.67. The molecule has 4 rings (SSSR count). The third-order valence-corrected chi connectivity index (χ3v) is 7.52.